The van der Waals surface area contributed by atoms with Crippen LogP contribution in [0.4, 0.5) is 5.69 Å². The number of hydrogen-bond donors (Lipinski definition) is 1. The quantitative estimate of drug-likeness (QED) is 0.513. The molecule has 0 aliphatic carbocycles. The van der Waals surface area contributed by atoms with Crippen LogP contribution >= 0.6 is 0 Å². The average molecular weight is 169 g/mol. The normalized spacial score (nSPS) is 10.1. The molecule has 0 bridgehead atoms. The Morgan fingerprint density at radius 2 is 1.36 bits per heavy atom. The number of rotatable bonds is 1. The molecule has 0 atom stereocenters. The first-order chi connectivity index (χ1) is 6.79. The van der Waals surface area contributed by atoms with Gasteiger partial charge in [0.15, 0.2) is 0 Å². The molecule has 2 aromatic rings. The van der Waals surface area contributed by atoms with Crippen molar-refractivity contribution in [3.8, 4) is 11.1 Å². The minimum atomic E-state index is 0.811. The van der Waals surface area contributed by atoms with Crippen molar-refractivity contribution in [2.24, 2.45) is 0 Å². The Morgan fingerprint density at radius 3 is 2.00 bits per heavy atom. The molecule has 73 valence electrons. The molecular weight excluding hydrogens is 159 g/mol. The summed E-state index contributed by atoms with van der Waals surface area (Å²) in [5.41, 5.74) is 8.94. The molecule has 2 N–H and O–H groups in total. The molecule has 0 spiro atoms. The Kier molecular flexibility index (Phi) is 2.67. The van der Waals surface area contributed by atoms with Crippen LogP contribution < -0.4 is 9.77 Å². The van der Waals surface area contributed by atoms with E-state index in [-0.39, 0.29) is 0 Å². The van der Waals surface area contributed by atoms with Gasteiger partial charge in [-0.05, 0) is 0 Å². The number of anilines is 1. The van der Waals surface area contributed by atoms with Gasteiger partial charge in [0, 0.05) is 0 Å². The van der Waals surface area contributed by atoms with Gasteiger partial charge < -0.3 is 0 Å². The zero-order valence-corrected chi connectivity index (χ0v) is 9.07. The Balaban J connectivity index is 2.61. The van der Waals surface area contributed by atoms with E-state index in [9.17, 15) is 0 Å². The van der Waals surface area contributed by atoms with Gasteiger partial charge in [0.25, 0.3) is 0 Å². The molecule has 0 aliphatic rings. The number of nitrogen functional groups attached to an aromatic ring is 1. The van der Waals surface area contributed by atoms with Gasteiger partial charge >= 0.3 is 94.3 Å². The summed E-state index contributed by atoms with van der Waals surface area (Å²) in [7, 11) is 0. The summed E-state index contributed by atoms with van der Waals surface area (Å²) in [6.45, 7) is 0. The standard InChI is InChI=1S/C12H10N.Pd/c13-12-9-5-4-8-11(12)10-6-2-1-3-7-10;/h1-6,8-9H,13H2;/i;1+61. The van der Waals surface area contributed by atoms with Crippen LogP contribution in [0.3, 0.4) is 0 Å². The summed E-state index contributed by atoms with van der Waals surface area (Å²) < 4.78 is 1.11. The van der Waals surface area contributed by atoms with Crippen molar-refractivity contribution in [3.05, 3.63) is 48.5 Å². The third kappa shape index (κ3) is 1.72. The molecule has 0 aromatic heterocycles. The molecule has 0 aliphatic heterocycles. The van der Waals surface area contributed by atoms with Crippen molar-refractivity contribution in [1.29, 1.82) is 0 Å². The van der Waals surface area contributed by atoms with E-state index in [0.717, 1.165) is 20.9 Å². The van der Waals surface area contributed by atoms with Crippen molar-refractivity contribution >= 4 is 9.72 Å². The summed E-state index contributed by atoms with van der Waals surface area (Å²) in [4.78, 5) is 0. The van der Waals surface area contributed by atoms with E-state index in [1.165, 1.54) is 0 Å². The van der Waals surface area contributed by atoms with Crippen molar-refractivity contribution in [3.63, 3.8) is 0 Å². The Morgan fingerprint density at radius 1 is 0.786 bits per heavy atom. The van der Waals surface area contributed by atoms with Crippen LogP contribution in [0.15, 0.2) is 48.5 Å². The fourth-order valence-corrected chi connectivity index (χ4v) is 1.89. The molecule has 0 saturated carbocycles. The first kappa shape index (κ1) is 9.46. The van der Waals surface area contributed by atoms with Crippen LogP contribution in [0, 0.1) is 0 Å². The summed E-state index contributed by atoms with van der Waals surface area (Å²) in [5, 5.41) is 0. The van der Waals surface area contributed by atoms with Gasteiger partial charge in [-0.25, -0.2) is 0 Å². The first-order valence-electron chi connectivity index (χ1n) is 4.35. The molecule has 0 amide bonds. The van der Waals surface area contributed by atoms with E-state index in [1.807, 2.05) is 42.5 Å². The van der Waals surface area contributed by atoms with Gasteiger partial charge in [0.05, 0.1) is 0 Å². The monoisotopic (exact) mass is 169 g/mol. The molecule has 0 radical (unpaired) electrons. The summed E-state index contributed by atoms with van der Waals surface area (Å²) in [6.07, 6.45) is 0. The minimum absolute atomic E-state index is 0.811. The van der Waals surface area contributed by atoms with E-state index < -0.39 is 0 Å². The predicted molar refractivity (Wildman–Crippen MR) is 55.9 cm³/mol. The number of para-hydroxylation sites is 1. The molecule has 2 aromatic carbocycles. The van der Waals surface area contributed by atoms with Gasteiger partial charge in [0.1, 0.15) is 0 Å². The number of nitrogens with two attached hydrogens (primary N) is 1. The Hall–Kier alpha value is -1.10. The molecule has 0 heterocycles. The van der Waals surface area contributed by atoms with Crippen molar-refractivity contribution in [2.75, 3.05) is 5.73 Å². The van der Waals surface area contributed by atoms with Crippen LogP contribution in [-0.4, -0.2) is 0 Å². The second kappa shape index (κ2) is 3.96. The van der Waals surface area contributed by atoms with E-state index in [0.29, 0.717) is 0 Å². The molecule has 14 heavy (non-hydrogen) atoms. The van der Waals surface area contributed by atoms with Crippen LogP contribution in [0.1, 0.15) is 0 Å². The van der Waals surface area contributed by atoms with Gasteiger partial charge in [0.2, 0.25) is 0 Å². The van der Waals surface area contributed by atoms with Crippen LogP contribution in [0.25, 0.3) is 11.1 Å². The molecule has 2 rings (SSSR count). The Labute approximate surface area is 94.4 Å². The zero-order chi connectivity index (χ0) is 9.97. The maximum absolute atomic E-state index is 5.90. The van der Waals surface area contributed by atoms with Crippen LogP contribution in [0.2, 0.25) is 0 Å². The van der Waals surface area contributed by atoms with E-state index >= 15 is 0 Å². The van der Waals surface area contributed by atoms with E-state index in [4.69, 9.17) is 5.73 Å². The van der Waals surface area contributed by atoms with Gasteiger partial charge in [-0.15, -0.1) is 0 Å². The third-order valence-electron chi connectivity index (χ3n) is 2.10. The topological polar surface area (TPSA) is 26.0 Å². The SMILES string of the molecule is Nc1ccccc1-c1cccc[c]1[1Pd]. The molecule has 2 heteroatoms. The molecule has 0 unspecified atom stereocenters. The Bertz CT molecular complexity index is 408. The second-order valence-electron chi connectivity index (χ2n) is 3.03. The van der Waals surface area contributed by atoms with Crippen molar-refractivity contribution < 1.29 is 19.2 Å². The summed E-state index contributed by atoms with van der Waals surface area (Å²) in [5.74, 6) is 0. The van der Waals surface area contributed by atoms with Crippen molar-refractivity contribution in [2.45, 2.75) is 0 Å². The number of hydrogen-bond acceptors (Lipinski definition) is 1. The number of benzene rings is 2. The van der Waals surface area contributed by atoms with Gasteiger partial charge in [-0.2, -0.15) is 0 Å². The van der Waals surface area contributed by atoms with Gasteiger partial charge in [-0.1, -0.05) is 0 Å². The fraction of sp³-hybridized carbons (Fsp3) is 0. The molecule has 0 fully saturated rings. The molecular formula is C12H10NPd. The predicted octanol–water partition coefficient (Wildman–Crippen LogP) is 2.11. The summed E-state index contributed by atoms with van der Waals surface area (Å²) >= 11 is 3.23. The van der Waals surface area contributed by atoms with Crippen LogP contribution in [-0.2, 0) is 19.2 Å². The second-order valence-corrected chi connectivity index (χ2v) is 3.87. The van der Waals surface area contributed by atoms with Crippen molar-refractivity contribution in [1.82, 2.24) is 0 Å². The zero-order valence-electron chi connectivity index (χ0n) is 7.51. The molecule has 0 saturated heterocycles. The van der Waals surface area contributed by atoms with E-state index in [2.05, 4.69) is 25.3 Å². The summed E-state index contributed by atoms with van der Waals surface area (Å²) in [6, 6.07) is 16.0. The van der Waals surface area contributed by atoms with Crippen LogP contribution in [0.5, 0.6) is 0 Å². The maximum atomic E-state index is 5.90. The van der Waals surface area contributed by atoms with E-state index in [1.54, 1.807) is 0 Å². The third-order valence-corrected chi connectivity index (χ3v) is 2.78. The first-order valence-corrected chi connectivity index (χ1v) is 5.13. The average Bonchev–Trinajstić information content (AvgIpc) is 2.20. The fourth-order valence-electron chi connectivity index (χ4n) is 1.40. The van der Waals surface area contributed by atoms with Gasteiger partial charge in [-0.3, -0.25) is 0 Å². The molecule has 1 nitrogen and oxygen atoms in total.